The van der Waals surface area contributed by atoms with Crippen molar-refractivity contribution in [3.05, 3.63) is 64.7 Å². The fourth-order valence-electron chi connectivity index (χ4n) is 2.73. The second kappa shape index (κ2) is 6.91. The van der Waals surface area contributed by atoms with Gasteiger partial charge >= 0.3 is 5.97 Å². The smallest absolute Gasteiger partial charge is 0.338 e. The average Bonchev–Trinajstić information content (AvgIpc) is 2.52. The fourth-order valence-corrected chi connectivity index (χ4v) is 2.73. The lowest BCUT2D eigenvalue weighted by molar-refractivity contribution is 0.0472. The zero-order valence-corrected chi connectivity index (χ0v) is 16.0. The standard InChI is InChI=1S/C22H28O3/c1-21(2,3)17-12-15(13-18(19(17)23)22(4,5)6)14-25-20(24)16-10-8-7-9-11-16/h7-13,23H,14H2,1-6H3. The van der Waals surface area contributed by atoms with E-state index < -0.39 is 0 Å². The number of phenolic OH excluding ortho intramolecular Hbond substituents is 1. The molecule has 0 bridgehead atoms. The number of hydrogen-bond donors (Lipinski definition) is 1. The molecule has 0 aliphatic heterocycles. The maximum Gasteiger partial charge on any atom is 0.338 e. The van der Waals surface area contributed by atoms with Crippen LogP contribution >= 0.6 is 0 Å². The van der Waals surface area contributed by atoms with Gasteiger partial charge in [-0.1, -0.05) is 59.7 Å². The first-order valence-electron chi connectivity index (χ1n) is 8.59. The Kier molecular flexibility index (Phi) is 5.26. The van der Waals surface area contributed by atoms with Crippen molar-refractivity contribution in [1.82, 2.24) is 0 Å². The van der Waals surface area contributed by atoms with Gasteiger partial charge in [0.15, 0.2) is 0 Å². The van der Waals surface area contributed by atoms with Gasteiger partial charge in [-0.05, 0) is 51.8 Å². The normalized spacial score (nSPS) is 12.1. The molecule has 0 saturated heterocycles. The lowest BCUT2D eigenvalue weighted by atomic mass is 9.78. The molecule has 1 N–H and O–H groups in total. The van der Waals surface area contributed by atoms with E-state index in [1.165, 1.54) is 0 Å². The van der Waals surface area contributed by atoms with Crippen molar-refractivity contribution in [2.45, 2.75) is 59.0 Å². The maximum absolute atomic E-state index is 12.2. The van der Waals surface area contributed by atoms with Gasteiger partial charge in [-0.25, -0.2) is 4.79 Å². The van der Waals surface area contributed by atoms with E-state index in [1.54, 1.807) is 12.1 Å². The van der Waals surface area contributed by atoms with E-state index >= 15 is 0 Å². The molecular formula is C22H28O3. The molecule has 0 aliphatic rings. The largest absolute Gasteiger partial charge is 0.507 e. The van der Waals surface area contributed by atoms with Crippen LogP contribution in [0.5, 0.6) is 5.75 Å². The summed E-state index contributed by atoms with van der Waals surface area (Å²) in [5.41, 5.74) is 2.74. The van der Waals surface area contributed by atoms with Gasteiger partial charge in [-0.3, -0.25) is 0 Å². The molecule has 2 aromatic carbocycles. The van der Waals surface area contributed by atoms with Crippen molar-refractivity contribution >= 4 is 5.97 Å². The zero-order chi connectivity index (χ0) is 18.8. The van der Waals surface area contributed by atoms with Gasteiger partial charge in [0.2, 0.25) is 0 Å². The number of ether oxygens (including phenoxy) is 1. The highest BCUT2D eigenvalue weighted by Gasteiger charge is 2.26. The molecule has 0 radical (unpaired) electrons. The topological polar surface area (TPSA) is 46.5 Å². The maximum atomic E-state index is 12.2. The molecule has 3 nitrogen and oxygen atoms in total. The summed E-state index contributed by atoms with van der Waals surface area (Å²) in [5, 5.41) is 10.7. The van der Waals surface area contributed by atoms with Gasteiger partial charge in [-0.2, -0.15) is 0 Å². The fraction of sp³-hybridized carbons (Fsp3) is 0.409. The Balaban J connectivity index is 2.33. The van der Waals surface area contributed by atoms with Gasteiger partial charge < -0.3 is 9.84 Å². The highest BCUT2D eigenvalue weighted by Crippen LogP contribution is 2.39. The number of benzene rings is 2. The Morgan fingerprint density at radius 2 is 1.40 bits per heavy atom. The Hall–Kier alpha value is -2.29. The van der Waals surface area contributed by atoms with Crippen molar-refractivity contribution in [1.29, 1.82) is 0 Å². The highest BCUT2D eigenvalue weighted by molar-refractivity contribution is 5.89. The van der Waals surface area contributed by atoms with E-state index in [4.69, 9.17) is 4.74 Å². The van der Waals surface area contributed by atoms with E-state index in [0.717, 1.165) is 16.7 Å². The molecule has 0 unspecified atom stereocenters. The molecule has 2 rings (SSSR count). The molecule has 134 valence electrons. The summed E-state index contributed by atoms with van der Waals surface area (Å²) >= 11 is 0. The number of carbonyl (C=O) groups is 1. The van der Waals surface area contributed by atoms with Gasteiger partial charge in [0, 0.05) is 0 Å². The number of esters is 1. The van der Waals surface area contributed by atoms with Crippen molar-refractivity contribution in [2.24, 2.45) is 0 Å². The van der Waals surface area contributed by atoms with Crippen molar-refractivity contribution in [3.63, 3.8) is 0 Å². The quantitative estimate of drug-likeness (QED) is 0.767. The third-order valence-electron chi connectivity index (χ3n) is 4.17. The summed E-state index contributed by atoms with van der Waals surface area (Å²) in [6.45, 7) is 12.6. The highest BCUT2D eigenvalue weighted by atomic mass is 16.5. The van der Waals surface area contributed by atoms with Crippen LogP contribution in [0, 0.1) is 0 Å². The molecule has 2 aromatic rings. The van der Waals surface area contributed by atoms with Crippen molar-refractivity contribution in [3.8, 4) is 5.75 Å². The number of hydrogen-bond acceptors (Lipinski definition) is 3. The zero-order valence-electron chi connectivity index (χ0n) is 16.0. The number of aromatic hydroxyl groups is 1. The molecule has 0 atom stereocenters. The molecular weight excluding hydrogens is 312 g/mol. The van der Waals surface area contributed by atoms with Crippen LogP contribution in [0.3, 0.4) is 0 Å². The number of rotatable bonds is 3. The van der Waals surface area contributed by atoms with Crippen LogP contribution < -0.4 is 0 Å². The van der Waals surface area contributed by atoms with E-state index in [9.17, 15) is 9.90 Å². The lowest BCUT2D eigenvalue weighted by Crippen LogP contribution is -2.18. The van der Waals surface area contributed by atoms with Gasteiger partial charge in [0.05, 0.1) is 5.56 Å². The Morgan fingerprint density at radius 3 is 1.84 bits per heavy atom. The van der Waals surface area contributed by atoms with E-state index in [0.29, 0.717) is 11.3 Å². The van der Waals surface area contributed by atoms with Gasteiger partial charge in [0.25, 0.3) is 0 Å². The lowest BCUT2D eigenvalue weighted by Gasteiger charge is -2.28. The first-order valence-corrected chi connectivity index (χ1v) is 8.59. The Morgan fingerprint density at radius 1 is 0.920 bits per heavy atom. The molecule has 3 heteroatoms. The van der Waals surface area contributed by atoms with E-state index in [1.807, 2.05) is 30.3 Å². The summed E-state index contributed by atoms with van der Waals surface area (Å²) in [6.07, 6.45) is 0. The van der Waals surface area contributed by atoms with Crippen molar-refractivity contribution < 1.29 is 14.6 Å². The summed E-state index contributed by atoms with van der Waals surface area (Å²) in [7, 11) is 0. The predicted molar refractivity (Wildman–Crippen MR) is 101 cm³/mol. The van der Waals surface area contributed by atoms with E-state index in [2.05, 4.69) is 41.5 Å². The van der Waals surface area contributed by atoms with Crippen molar-refractivity contribution in [2.75, 3.05) is 0 Å². The third kappa shape index (κ3) is 4.62. The molecule has 0 fully saturated rings. The summed E-state index contributed by atoms with van der Waals surface area (Å²) < 4.78 is 5.47. The molecule has 0 heterocycles. The predicted octanol–water partition coefficient (Wildman–Crippen LogP) is 5.34. The molecule has 0 aliphatic carbocycles. The van der Waals surface area contributed by atoms with Crippen LogP contribution in [0.2, 0.25) is 0 Å². The van der Waals surface area contributed by atoms with Gasteiger partial charge in [0.1, 0.15) is 12.4 Å². The van der Waals surface area contributed by atoms with Crippen LogP contribution in [0.1, 0.15) is 68.6 Å². The van der Waals surface area contributed by atoms with Crippen LogP contribution in [0.25, 0.3) is 0 Å². The van der Waals surface area contributed by atoms with Crippen LogP contribution in [0.4, 0.5) is 0 Å². The first-order chi connectivity index (χ1) is 11.5. The molecule has 25 heavy (non-hydrogen) atoms. The SMILES string of the molecule is CC(C)(C)c1cc(COC(=O)c2ccccc2)cc(C(C)(C)C)c1O. The second-order valence-electron chi connectivity index (χ2n) is 8.48. The Bertz CT molecular complexity index is 712. The Labute approximate surface area is 150 Å². The first kappa shape index (κ1) is 19.0. The van der Waals surface area contributed by atoms with E-state index in [-0.39, 0.29) is 23.4 Å². The third-order valence-corrected chi connectivity index (χ3v) is 4.17. The minimum Gasteiger partial charge on any atom is -0.507 e. The van der Waals surface area contributed by atoms with Crippen LogP contribution in [-0.4, -0.2) is 11.1 Å². The second-order valence-corrected chi connectivity index (χ2v) is 8.48. The molecule has 0 saturated carbocycles. The molecule has 0 spiro atoms. The molecule has 0 aromatic heterocycles. The number of phenols is 1. The van der Waals surface area contributed by atoms with Crippen LogP contribution in [0.15, 0.2) is 42.5 Å². The van der Waals surface area contributed by atoms with Crippen LogP contribution in [-0.2, 0) is 22.2 Å². The number of carbonyl (C=O) groups excluding carboxylic acids is 1. The summed E-state index contributed by atoms with van der Waals surface area (Å²) in [4.78, 5) is 12.2. The minimum atomic E-state index is -0.344. The summed E-state index contributed by atoms with van der Waals surface area (Å²) in [5.74, 6) is -0.0126. The summed E-state index contributed by atoms with van der Waals surface area (Å²) in [6, 6.07) is 12.8. The monoisotopic (exact) mass is 340 g/mol. The van der Waals surface area contributed by atoms with Gasteiger partial charge in [-0.15, -0.1) is 0 Å². The average molecular weight is 340 g/mol. The minimum absolute atomic E-state index is 0.181. The molecule has 0 amide bonds.